The summed E-state index contributed by atoms with van der Waals surface area (Å²) in [6.45, 7) is 1.51. The van der Waals surface area contributed by atoms with Gasteiger partial charge in [0.25, 0.3) is 5.91 Å². The Kier molecular flexibility index (Phi) is 3.82. The summed E-state index contributed by atoms with van der Waals surface area (Å²) < 4.78 is 13.6. The Morgan fingerprint density at radius 3 is 2.85 bits per heavy atom. The van der Waals surface area contributed by atoms with Crippen molar-refractivity contribution < 1.29 is 9.18 Å². The molecule has 1 heterocycles. The smallest absolute Gasteiger partial charge is 0.255 e. The van der Waals surface area contributed by atoms with Crippen LogP contribution < -0.4 is 5.73 Å². The Morgan fingerprint density at radius 2 is 2.15 bits per heavy atom. The number of likely N-dealkylation sites (tertiary alicyclic amines) is 1. The van der Waals surface area contributed by atoms with E-state index >= 15 is 0 Å². The number of hydrogen-bond donors (Lipinski definition) is 1. The van der Waals surface area contributed by atoms with E-state index in [1.165, 1.54) is 12.1 Å². The van der Waals surface area contributed by atoms with Crippen LogP contribution >= 0.6 is 15.9 Å². The van der Waals surface area contributed by atoms with Gasteiger partial charge in [-0.1, -0.05) is 6.42 Å². The number of hydrogen-bond acceptors (Lipinski definition) is 2. The van der Waals surface area contributed by atoms with Gasteiger partial charge in [0, 0.05) is 23.6 Å². The maximum absolute atomic E-state index is 13.1. The van der Waals surface area contributed by atoms with Gasteiger partial charge in [-0.25, -0.2) is 4.39 Å². The van der Waals surface area contributed by atoms with Gasteiger partial charge in [-0.05, 0) is 58.8 Å². The van der Waals surface area contributed by atoms with Gasteiger partial charge in [-0.3, -0.25) is 4.79 Å². The third kappa shape index (κ3) is 2.49. The van der Waals surface area contributed by atoms with E-state index in [0.29, 0.717) is 21.9 Å². The molecule has 1 amide bonds. The fraction of sp³-hybridized carbons (Fsp3) is 0.533. The van der Waals surface area contributed by atoms with Gasteiger partial charge in [0.2, 0.25) is 0 Å². The lowest BCUT2D eigenvalue weighted by Gasteiger charge is -2.29. The largest absolute Gasteiger partial charge is 0.338 e. The lowest BCUT2D eigenvalue weighted by molar-refractivity contribution is 0.0782. The van der Waals surface area contributed by atoms with Gasteiger partial charge in [-0.15, -0.1) is 0 Å². The van der Waals surface area contributed by atoms with Crippen LogP contribution in [0.1, 0.15) is 29.6 Å². The quantitative estimate of drug-likeness (QED) is 0.854. The second-order valence-corrected chi connectivity index (χ2v) is 6.71. The van der Waals surface area contributed by atoms with Crippen molar-refractivity contribution in [2.45, 2.75) is 25.3 Å². The van der Waals surface area contributed by atoms with Gasteiger partial charge in [0.05, 0.1) is 5.56 Å². The molecule has 0 spiro atoms. The number of rotatable bonds is 1. The second kappa shape index (κ2) is 5.45. The Bertz CT molecular complexity index is 537. The third-order valence-electron chi connectivity index (χ3n) is 4.60. The molecular weight excluding hydrogens is 323 g/mol. The van der Waals surface area contributed by atoms with E-state index < -0.39 is 0 Å². The summed E-state index contributed by atoms with van der Waals surface area (Å²) in [5.74, 6) is 0.581. The highest BCUT2D eigenvalue weighted by Crippen LogP contribution is 2.36. The summed E-state index contributed by atoms with van der Waals surface area (Å²) in [6, 6.07) is 4.42. The van der Waals surface area contributed by atoms with Crippen LogP contribution in [-0.4, -0.2) is 29.9 Å². The number of fused-ring (bicyclic) bond motifs is 1. The Labute approximate surface area is 126 Å². The van der Waals surface area contributed by atoms with Crippen LogP contribution in [0.15, 0.2) is 22.7 Å². The van der Waals surface area contributed by atoms with Crippen molar-refractivity contribution in [1.29, 1.82) is 0 Å². The van der Waals surface area contributed by atoms with Gasteiger partial charge in [-0.2, -0.15) is 0 Å². The van der Waals surface area contributed by atoms with E-state index in [9.17, 15) is 9.18 Å². The van der Waals surface area contributed by atoms with Crippen molar-refractivity contribution in [1.82, 2.24) is 4.90 Å². The summed E-state index contributed by atoms with van der Waals surface area (Å²) in [4.78, 5) is 14.4. The summed E-state index contributed by atoms with van der Waals surface area (Å²) >= 11 is 3.27. The van der Waals surface area contributed by atoms with Crippen molar-refractivity contribution in [2.24, 2.45) is 17.6 Å². The minimum Gasteiger partial charge on any atom is -0.338 e. The first-order valence-corrected chi connectivity index (χ1v) is 7.85. The molecule has 5 heteroatoms. The summed E-state index contributed by atoms with van der Waals surface area (Å²) in [5.41, 5.74) is 6.70. The fourth-order valence-electron chi connectivity index (χ4n) is 3.52. The highest BCUT2D eigenvalue weighted by molar-refractivity contribution is 9.10. The second-order valence-electron chi connectivity index (χ2n) is 5.85. The number of amides is 1. The predicted molar refractivity (Wildman–Crippen MR) is 78.8 cm³/mol. The number of halogens is 2. The molecule has 3 nitrogen and oxygen atoms in total. The Morgan fingerprint density at radius 1 is 1.35 bits per heavy atom. The lowest BCUT2D eigenvalue weighted by atomic mass is 9.78. The number of carbonyl (C=O) groups is 1. The van der Waals surface area contributed by atoms with Crippen molar-refractivity contribution in [3.05, 3.63) is 34.1 Å². The molecule has 1 saturated carbocycles. The van der Waals surface area contributed by atoms with Crippen LogP contribution in [0.3, 0.4) is 0 Å². The molecule has 2 aliphatic rings. The van der Waals surface area contributed by atoms with E-state index in [-0.39, 0.29) is 17.8 Å². The highest BCUT2D eigenvalue weighted by Gasteiger charge is 2.40. The number of nitrogens with zero attached hydrogens (tertiary/aromatic N) is 1. The van der Waals surface area contributed by atoms with Crippen molar-refractivity contribution in [2.75, 3.05) is 13.1 Å². The van der Waals surface area contributed by atoms with E-state index in [2.05, 4.69) is 15.9 Å². The van der Waals surface area contributed by atoms with Crippen molar-refractivity contribution in [3.63, 3.8) is 0 Å². The van der Waals surface area contributed by atoms with Crippen LogP contribution in [0.25, 0.3) is 0 Å². The molecule has 1 aromatic carbocycles. The van der Waals surface area contributed by atoms with Gasteiger partial charge in [0.1, 0.15) is 5.82 Å². The molecule has 108 valence electrons. The zero-order valence-corrected chi connectivity index (χ0v) is 12.8. The lowest BCUT2D eigenvalue weighted by Crippen LogP contribution is -2.38. The van der Waals surface area contributed by atoms with Gasteiger partial charge in [0.15, 0.2) is 0 Å². The van der Waals surface area contributed by atoms with Crippen LogP contribution in [0.5, 0.6) is 0 Å². The van der Waals surface area contributed by atoms with Crippen LogP contribution in [-0.2, 0) is 0 Å². The standard InChI is InChI=1S/C15H18BrFN2O/c16-13-6-10(17)4-5-11(13)15(20)19-7-9-2-1-3-14(18)12(9)8-19/h4-6,9,12,14H,1-3,7-8,18H2. The highest BCUT2D eigenvalue weighted by atomic mass is 79.9. The Balaban J connectivity index is 1.78. The third-order valence-corrected chi connectivity index (χ3v) is 5.26. The van der Waals surface area contributed by atoms with E-state index in [4.69, 9.17) is 5.73 Å². The minimum absolute atomic E-state index is 0.0292. The van der Waals surface area contributed by atoms with E-state index in [1.54, 1.807) is 6.07 Å². The number of carbonyl (C=O) groups excluding carboxylic acids is 1. The Hall–Kier alpha value is -0.940. The molecule has 3 atom stereocenters. The first-order chi connectivity index (χ1) is 9.56. The zero-order valence-electron chi connectivity index (χ0n) is 11.2. The van der Waals surface area contributed by atoms with Crippen molar-refractivity contribution >= 4 is 21.8 Å². The van der Waals surface area contributed by atoms with Gasteiger partial charge < -0.3 is 10.6 Å². The van der Waals surface area contributed by atoms with E-state index in [1.807, 2.05) is 4.90 Å². The SMILES string of the molecule is NC1CCCC2CN(C(=O)c3ccc(F)cc3Br)CC12. The minimum atomic E-state index is -0.342. The number of benzene rings is 1. The maximum atomic E-state index is 13.1. The molecule has 1 aliphatic heterocycles. The van der Waals surface area contributed by atoms with Crippen molar-refractivity contribution in [3.8, 4) is 0 Å². The van der Waals surface area contributed by atoms with Crippen LogP contribution in [0.2, 0.25) is 0 Å². The molecule has 0 radical (unpaired) electrons. The monoisotopic (exact) mass is 340 g/mol. The molecule has 3 rings (SSSR count). The number of nitrogens with two attached hydrogens (primary N) is 1. The molecule has 3 unspecified atom stereocenters. The topological polar surface area (TPSA) is 46.3 Å². The molecule has 0 aromatic heterocycles. The molecule has 20 heavy (non-hydrogen) atoms. The molecule has 1 aromatic rings. The van der Waals surface area contributed by atoms with Crippen LogP contribution in [0.4, 0.5) is 4.39 Å². The predicted octanol–water partition coefficient (Wildman–Crippen LogP) is 2.79. The molecule has 2 N–H and O–H groups in total. The summed E-state index contributed by atoms with van der Waals surface area (Å²) in [6.07, 6.45) is 3.38. The summed E-state index contributed by atoms with van der Waals surface area (Å²) in [7, 11) is 0. The maximum Gasteiger partial charge on any atom is 0.255 e. The van der Waals surface area contributed by atoms with Gasteiger partial charge >= 0.3 is 0 Å². The molecule has 0 bridgehead atoms. The van der Waals surface area contributed by atoms with Crippen LogP contribution in [0, 0.1) is 17.7 Å². The fourth-order valence-corrected chi connectivity index (χ4v) is 4.04. The zero-order chi connectivity index (χ0) is 14.3. The average Bonchev–Trinajstić information content (AvgIpc) is 2.83. The van der Waals surface area contributed by atoms with E-state index in [0.717, 1.165) is 32.4 Å². The molecular formula is C15H18BrFN2O. The first kappa shape index (κ1) is 14.0. The summed E-state index contributed by atoms with van der Waals surface area (Å²) in [5, 5.41) is 0. The normalized spacial score (nSPS) is 29.4. The average molecular weight is 341 g/mol. The molecule has 1 saturated heterocycles. The molecule has 2 fully saturated rings. The first-order valence-electron chi connectivity index (χ1n) is 7.06. The molecule has 1 aliphatic carbocycles.